The third-order valence-electron chi connectivity index (χ3n) is 3.82. The van der Waals surface area contributed by atoms with Gasteiger partial charge in [-0.25, -0.2) is 0 Å². The first-order valence-electron chi connectivity index (χ1n) is 7.24. The molecule has 1 aromatic carbocycles. The third-order valence-corrected chi connectivity index (χ3v) is 3.82. The molecule has 0 bridgehead atoms. The molecule has 2 aromatic rings. The van der Waals surface area contributed by atoms with Crippen LogP contribution >= 0.6 is 0 Å². The smallest absolute Gasteiger partial charge is 0.0426 e. The van der Waals surface area contributed by atoms with E-state index < -0.39 is 0 Å². The van der Waals surface area contributed by atoms with E-state index in [0.717, 1.165) is 11.4 Å². The molecule has 0 saturated heterocycles. The fourth-order valence-electron chi connectivity index (χ4n) is 2.98. The van der Waals surface area contributed by atoms with Crippen LogP contribution in [0.2, 0.25) is 0 Å². The maximum atomic E-state index is 4.60. The minimum atomic E-state index is 0.290. The van der Waals surface area contributed by atoms with Gasteiger partial charge in [-0.05, 0) is 57.4 Å². The minimum absolute atomic E-state index is 0.290. The number of rotatable bonds is 4. The molecule has 20 heavy (non-hydrogen) atoms. The average Bonchev–Trinajstić information content (AvgIpc) is 2.38. The lowest BCUT2D eigenvalue weighted by Crippen LogP contribution is -2.24. The average molecular weight is 268 g/mol. The molecule has 0 spiro atoms. The van der Waals surface area contributed by atoms with Crippen molar-refractivity contribution in [3.63, 3.8) is 0 Å². The highest BCUT2D eigenvalue weighted by atomic mass is 14.9. The maximum absolute atomic E-state index is 4.60. The van der Waals surface area contributed by atoms with E-state index in [4.69, 9.17) is 0 Å². The van der Waals surface area contributed by atoms with Gasteiger partial charge in [0, 0.05) is 23.5 Å². The highest BCUT2D eigenvalue weighted by Crippen LogP contribution is 2.24. The van der Waals surface area contributed by atoms with E-state index in [1.807, 2.05) is 0 Å². The highest BCUT2D eigenvalue weighted by molar-refractivity contribution is 5.33. The highest BCUT2D eigenvalue weighted by Gasteiger charge is 2.15. The summed E-state index contributed by atoms with van der Waals surface area (Å²) in [5.74, 6) is 0. The number of hydrogen-bond acceptors (Lipinski definition) is 2. The van der Waals surface area contributed by atoms with Crippen LogP contribution in [0.4, 0.5) is 0 Å². The minimum Gasteiger partial charge on any atom is -0.304 e. The fraction of sp³-hybridized carbons (Fsp3) is 0.389. The Morgan fingerprint density at radius 2 is 1.60 bits per heavy atom. The molecule has 0 saturated carbocycles. The summed E-state index contributed by atoms with van der Waals surface area (Å²) in [6.45, 7) is 10.7. The summed E-state index contributed by atoms with van der Waals surface area (Å²) >= 11 is 0. The number of nitrogens with one attached hydrogen (secondary N) is 1. The maximum Gasteiger partial charge on any atom is 0.0426 e. The third kappa shape index (κ3) is 3.26. The Morgan fingerprint density at radius 3 is 2.20 bits per heavy atom. The van der Waals surface area contributed by atoms with Gasteiger partial charge in [0.1, 0.15) is 0 Å². The molecule has 1 unspecified atom stereocenters. The lowest BCUT2D eigenvalue weighted by atomic mass is 9.98. The van der Waals surface area contributed by atoms with Crippen molar-refractivity contribution >= 4 is 0 Å². The van der Waals surface area contributed by atoms with Gasteiger partial charge in [-0.2, -0.15) is 0 Å². The Hall–Kier alpha value is -1.67. The van der Waals surface area contributed by atoms with Gasteiger partial charge in [-0.3, -0.25) is 4.98 Å². The Kier molecular flexibility index (Phi) is 4.56. The van der Waals surface area contributed by atoms with Crippen molar-refractivity contribution in [2.24, 2.45) is 0 Å². The molecule has 2 heteroatoms. The van der Waals surface area contributed by atoms with Crippen LogP contribution in [0.3, 0.4) is 0 Å². The molecule has 2 atom stereocenters. The van der Waals surface area contributed by atoms with Crippen molar-refractivity contribution in [2.45, 2.75) is 46.7 Å². The van der Waals surface area contributed by atoms with E-state index in [0.29, 0.717) is 12.1 Å². The molecule has 0 amide bonds. The number of nitrogens with zero attached hydrogens (tertiary/aromatic N) is 1. The van der Waals surface area contributed by atoms with Crippen molar-refractivity contribution < 1.29 is 0 Å². The first kappa shape index (κ1) is 14.7. The largest absolute Gasteiger partial charge is 0.304 e. The van der Waals surface area contributed by atoms with Gasteiger partial charge in [-0.1, -0.05) is 30.3 Å². The summed E-state index contributed by atoms with van der Waals surface area (Å²) < 4.78 is 0. The van der Waals surface area contributed by atoms with Gasteiger partial charge in [0.2, 0.25) is 0 Å². The predicted molar refractivity (Wildman–Crippen MR) is 84.9 cm³/mol. The topological polar surface area (TPSA) is 24.9 Å². The van der Waals surface area contributed by atoms with Crippen LogP contribution in [0.1, 0.15) is 54.0 Å². The molecular formula is C18H24N2. The summed E-state index contributed by atoms with van der Waals surface area (Å²) in [5.41, 5.74) is 6.16. The quantitative estimate of drug-likeness (QED) is 0.888. The van der Waals surface area contributed by atoms with Gasteiger partial charge < -0.3 is 5.32 Å². The number of aryl methyl sites for hydroxylation is 3. The molecule has 1 N–H and O–H groups in total. The zero-order valence-electron chi connectivity index (χ0n) is 13.1. The molecule has 0 aliphatic carbocycles. The second kappa shape index (κ2) is 6.19. The zero-order valence-corrected chi connectivity index (χ0v) is 13.1. The zero-order chi connectivity index (χ0) is 14.7. The Balaban J connectivity index is 2.19. The summed E-state index contributed by atoms with van der Waals surface area (Å²) in [6.07, 6.45) is 0. The van der Waals surface area contributed by atoms with E-state index in [9.17, 15) is 0 Å². The number of benzene rings is 1. The van der Waals surface area contributed by atoms with Gasteiger partial charge in [0.25, 0.3) is 0 Å². The van der Waals surface area contributed by atoms with Crippen molar-refractivity contribution in [2.75, 3.05) is 0 Å². The van der Waals surface area contributed by atoms with Gasteiger partial charge >= 0.3 is 0 Å². The van der Waals surface area contributed by atoms with Gasteiger partial charge in [0.05, 0.1) is 0 Å². The lowest BCUT2D eigenvalue weighted by molar-refractivity contribution is 0.490. The second-order valence-electron chi connectivity index (χ2n) is 5.60. The Labute approximate surface area is 122 Å². The first-order chi connectivity index (χ1) is 9.49. The van der Waals surface area contributed by atoms with Crippen LogP contribution in [0, 0.1) is 20.8 Å². The normalized spacial score (nSPS) is 14.1. The number of hydrogen-bond donors (Lipinski definition) is 1. The lowest BCUT2D eigenvalue weighted by Gasteiger charge is -2.23. The van der Waals surface area contributed by atoms with E-state index >= 15 is 0 Å². The van der Waals surface area contributed by atoms with E-state index in [-0.39, 0.29) is 0 Å². The van der Waals surface area contributed by atoms with Crippen molar-refractivity contribution in [1.29, 1.82) is 0 Å². The molecule has 0 aliphatic heterocycles. The van der Waals surface area contributed by atoms with Crippen LogP contribution in [0.5, 0.6) is 0 Å². The van der Waals surface area contributed by atoms with Gasteiger partial charge in [0.15, 0.2) is 0 Å². The van der Waals surface area contributed by atoms with Crippen LogP contribution in [0.25, 0.3) is 0 Å². The van der Waals surface area contributed by atoms with E-state index in [2.05, 4.69) is 81.3 Å². The molecule has 0 fully saturated rings. The van der Waals surface area contributed by atoms with Crippen LogP contribution < -0.4 is 5.32 Å². The van der Waals surface area contributed by atoms with E-state index in [1.165, 1.54) is 16.7 Å². The first-order valence-corrected chi connectivity index (χ1v) is 7.24. The Morgan fingerprint density at radius 1 is 0.950 bits per heavy atom. The second-order valence-corrected chi connectivity index (χ2v) is 5.60. The predicted octanol–water partition coefficient (Wildman–Crippen LogP) is 4.42. The number of pyridine rings is 1. The molecular weight excluding hydrogens is 244 g/mol. The van der Waals surface area contributed by atoms with Crippen LogP contribution in [0.15, 0.2) is 36.4 Å². The van der Waals surface area contributed by atoms with Crippen LogP contribution in [-0.2, 0) is 0 Å². The van der Waals surface area contributed by atoms with Crippen LogP contribution in [-0.4, -0.2) is 4.98 Å². The molecule has 1 heterocycles. The van der Waals surface area contributed by atoms with Crippen molar-refractivity contribution in [1.82, 2.24) is 10.3 Å². The van der Waals surface area contributed by atoms with Crippen molar-refractivity contribution in [3.8, 4) is 0 Å². The standard InChI is InChI=1S/C18H24N2/c1-12-11-13(2)19-15(4)18(12)16(5)20-14(3)17-9-7-6-8-10-17/h6-11,14,16,20H,1-5H3/t14-,16?/m1/s1. The van der Waals surface area contributed by atoms with E-state index in [1.54, 1.807) is 0 Å². The summed E-state index contributed by atoms with van der Waals surface area (Å²) in [7, 11) is 0. The molecule has 106 valence electrons. The fourth-order valence-corrected chi connectivity index (χ4v) is 2.98. The molecule has 2 nitrogen and oxygen atoms in total. The number of aromatic nitrogens is 1. The summed E-state index contributed by atoms with van der Waals surface area (Å²) in [5, 5.41) is 3.67. The SMILES string of the molecule is Cc1cc(C)c(C(C)N[C@H](C)c2ccccc2)c(C)n1. The molecule has 2 rings (SSSR count). The van der Waals surface area contributed by atoms with Gasteiger partial charge in [-0.15, -0.1) is 0 Å². The molecule has 0 radical (unpaired) electrons. The summed E-state index contributed by atoms with van der Waals surface area (Å²) in [6, 6.07) is 13.3. The monoisotopic (exact) mass is 268 g/mol. The summed E-state index contributed by atoms with van der Waals surface area (Å²) in [4.78, 5) is 4.60. The molecule has 1 aromatic heterocycles. The Bertz CT molecular complexity index is 552. The van der Waals surface area contributed by atoms with Crippen molar-refractivity contribution in [3.05, 3.63) is 64.5 Å². The molecule has 0 aliphatic rings.